The van der Waals surface area contributed by atoms with Crippen LogP contribution in [0.25, 0.3) is 0 Å². The molecule has 1 aromatic rings. The largest absolute Gasteiger partial charge is 0.547 e. The van der Waals surface area contributed by atoms with Crippen LogP contribution in [-0.2, 0) is 47.0 Å². The minimum Gasteiger partial charge on any atom is -0.449 e. The van der Waals surface area contributed by atoms with Crippen LogP contribution in [0.4, 0.5) is 9.18 Å². The molecule has 0 bridgehead atoms. The van der Waals surface area contributed by atoms with E-state index < -0.39 is 80.6 Å². The van der Waals surface area contributed by atoms with Crippen LogP contribution in [0.15, 0.2) is 30.4 Å². The number of benzene rings is 1. The molecule has 16 heteroatoms. The van der Waals surface area contributed by atoms with Crippen LogP contribution in [0.1, 0.15) is 89.7 Å². The van der Waals surface area contributed by atoms with E-state index in [-0.39, 0.29) is 50.9 Å². The molecule has 2 saturated carbocycles. The third-order valence-corrected chi connectivity index (χ3v) is 12.1. The number of rotatable bonds is 6. The molecule has 4 N–H and O–H groups in total. The molecule has 2 aliphatic carbocycles. The SMILES string of the molecule is CC(C)(C)COC(=O)N[C@H]1CCCCC/C=C\[C@@H]2CC2(C(=O)NS(=O)(=O)C2CC2)NC(=O)[C@@H]2C[C@@H](OC(O)=[N+]3Cc4cccc(F)c4C3)CN2C1=O. The maximum atomic E-state index is 14.4. The number of sulfonamides is 1. The summed E-state index contributed by atoms with van der Waals surface area (Å²) >= 11 is 0. The number of nitrogens with one attached hydrogen (secondary N) is 3. The molecule has 0 radical (unpaired) electrons. The number of hydrogen-bond donors (Lipinski definition) is 4. The minimum absolute atomic E-state index is 0.0616. The van der Waals surface area contributed by atoms with Crippen LogP contribution in [0, 0.1) is 17.2 Å². The summed E-state index contributed by atoms with van der Waals surface area (Å²) in [7, 11) is -3.91. The second-order valence-corrected chi connectivity index (χ2v) is 17.8. The van der Waals surface area contributed by atoms with Gasteiger partial charge in [0, 0.05) is 17.9 Å². The summed E-state index contributed by atoms with van der Waals surface area (Å²) < 4.78 is 54.9. The molecule has 0 aromatic heterocycles. The summed E-state index contributed by atoms with van der Waals surface area (Å²) in [6.45, 7) is 5.92. The lowest BCUT2D eigenvalue weighted by atomic mass is 9.99. The number of aliphatic hydroxyl groups excluding tert-OH is 1. The zero-order valence-electron chi connectivity index (χ0n) is 29.9. The Morgan fingerprint density at radius 2 is 1.90 bits per heavy atom. The molecule has 14 nitrogen and oxygen atoms in total. The third kappa shape index (κ3) is 8.53. The van der Waals surface area contributed by atoms with Crippen molar-refractivity contribution in [2.75, 3.05) is 13.2 Å². The molecule has 284 valence electrons. The summed E-state index contributed by atoms with van der Waals surface area (Å²) in [6.07, 6.45) is 5.59. The maximum Gasteiger partial charge on any atom is 0.547 e. The van der Waals surface area contributed by atoms with Crippen molar-refractivity contribution in [2.45, 2.75) is 121 Å². The lowest BCUT2D eigenvalue weighted by molar-refractivity contribution is -0.566. The highest BCUT2D eigenvalue weighted by Crippen LogP contribution is 2.46. The van der Waals surface area contributed by atoms with E-state index in [1.54, 1.807) is 12.1 Å². The zero-order chi connectivity index (χ0) is 37.4. The number of ether oxygens (including phenoxy) is 2. The van der Waals surface area contributed by atoms with Crippen LogP contribution in [-0.4, -0.2) is 95.0 Å². The molecule has 6 rings (SSSR count). The Labute approximate surface area is 303 Å². The molecule has 1 unspecified atom stereocenters. The summed E-state index contributed by atoms with van der Waals surface area (Å²) in [5, 5.41) is 15.9. The average Bonchev–Trinajstić information content (AvgIpc) is 3.96. The fraction of sp³-hybridized carbons (Fsp3) is 0.639. The second-order valence-electron chi connectivity index (χ2n) is 15.8. The monoisotopic (exact) mass is 746 g/mol. The molecule has 0 spiro atoms. The molecule has 52 heavy (non-hydrogen) atoms. The van der Waals surface area contributed by atoms with Crippen molar-refractivity contribution in [2.24, 2.45) is 11.3 Å². The van der Waals surface area contributed by atoms with Gasteiger partial charge in [-0.3, -0.25) is 19.1 Å². The Morgan fingerprint density at radius 1 is 1.13 bits per heavy atom. The van der Waals surface area contributed by atoms with Gasteiger partial charge in [-0.25, -0.2) is 17.6 Å². The first-order valence-corrected chi connectivity index (χ1v) is 19.6. The Kier molecular flexibility index (Phi) is 10.6. The number of fused-ring (bicyclic) bond motifs is 3. The molecule has 1 aromatic carbocycles. The first-order chi connectivity index (χ1) is 24.6. The van der Waals surface area contributed by atoms with Gasteiger partial charge in [-0.15, -0.1) is 0 Å². The number of carbonyl (C=O) groups is 4. The van der Waals surface area contributed by atoms with Gasteiger partial charge >= 0.3 is 12.2 Å². The first-order valence-electron chi connectivity index (χ1n) is 18.1. The van der Waals surface area contributed by atoms with E-state index in [0.717, 1.165) is 12.8 Å². The van der Waals surface area contributed by atoms with E-state index in [4.69, 9.17) is 9.47 Å². The highest BCUT2D eigenvalue weighted by Gasteiger charge is 2.62. The van der Waals surface area contributed by atoms with E-state index in [1.165, 1.54) is 15.5 Å². The van der Waals surface area contributed by atoms with Crippen LogP contribution in [0.2, 0.25) is 0 Å². The number of nitrogens with zero attached hydrogens (tertiary/aromatic N) is 2. The van der Waals surface area contributed by atoms with Crippen LogP contribution in [0.5, 0.6) is 0 Å². The lowest BCUT2D eigenvalue weighted by Gasteiger charge is -2.30. The molecule has 3 fully saturated rings. The Hall–Kier alpha value is -4.21. The molecule has 5 atom stereocenters. The summed E-state index contributed by atoms with van der Waals surface area (Å²) in [6, 6.07) is 2.42. The van der Waals surface area contributed by atoms with E-state index >= 15 is 0 Å². The van der Waals surface area contributed by atoms with E-state index in [1.807, 2.05) is 32.9 Å². The summed E-state index contributed by atoms with van der Waals surface area (Å²) in [5.41, 5.74) is -0.742. The van der Waals surface area contributed by atoms with Gasteiger partial charge in [0.05, 0.1) is 24.0 Å². The number of allylic oxidation sites excluding steroid dienone is 1. The number of hydrogen-bond acceptors (Lipinski definition) is 8. The minimum atomic E-state index is -3.91. The first kappa shape index (κ1) is 37.5. The zero-order valence-corrected chi connectivity index (χ0v) is 30.7. The van der Waals surface area contributed by atoms with Gasteiger partial charge in [0.2, 0.25) is 21.8 Å². The van der Waals surface area contributed by atoms with E-state index in [9.17, 15) is 37.1 Å². The Balaban J connectivity index is 1.26. The molecule has 1 saturated heterocycles. The number of amides is 4. The molecular weight excluding hydrogens is 697 g/mol. The molecule has 5 aliphatic rings. The average molecular weight is 747 g/mol. The predicted octanol–water partition coefficient (Wildman–Crippen LogP) is 2.90. The van der Waals surface area contributed by atoms with E-state index in [0.29, 0.717) is 36.8 Å². The van der Waals surface area contributed by atoms with Crippen molar-refractivity contribution in [1.29, 1.82) is 0 Å². The normalized spacial score (nSPS) is 29.7. The number of halogens is 1. The van der Waals surface area contributed by atoms with Crippen molar-refractivity contribution in [3.05, 3.63) is 47.3 Å². The van der Waals surface area contributed by atoms with Gasteiger partial charge in [0.25, 0.3) is 5.91 Å². The highest BCUT2D eigenvalue weighted by molar-refractivity contribution is 7.91. The number of alkyl carbamates (subject to hydrolysis) is 1. The van der Waals surface area contributed by atoms with Gasteiger partial charge in [0.15, 0.2) is 13.1 Å². The lowest BCUT2D eigenvalue weighted by Crippen LogP contribution is -2.58. The fourth-order valence-corrected chi connectivity index (χ4v) is 8.42. The predicted molar refractivity (Wildman–Crippen MR) is 186 cm³/mol. The fourth-order valence-electron chi connectivity index (χ4n) is 7.05. The quantitative estimate of drug-likeness (QED) is 0.193. The molecule has 4 amide bonds. The maximum absolute atomic E-state index is 14.4. The van der Waals surface area contributed by atoms with Crippen LogP contribution < -0.4 is 15.4 Å². The smallest absolute Gasteiger partial charge is 0.449 e. The van der Waals surface area contributed by atoms with E-state index in [2.05, 4.69) is 15.4 Å². The number of aliphatic hydroxyl groups is 1. The standard InChI is InChI=1S/C36H48FN5O9S/c1-35(2,3)21-50-33(46)38-28-13-8-6-4-5-7-11-23-17-36(23,32(45)40-52(48,49)25-14-15-25)39-30(43)29-16-24(19-42(29)31(28)44)51-34(47)41-18-22-10-9-12-27(37)26(22)20-41/h7,9-12,23-25,28-29H,4-6,8,13-21H2,1-3H3,(H3,38,39,40,43,45,46)/p+1/b11-7-/t23-,24-,28+,29+,36?/m1/s1. The summed E-state index contributed by atoms with van der Waals surface area (Å²) in [5.74, 6) is -2.96. The Bertz CT molecular complexity index is 1770. The van der Waals surface area contributed by atoms with Gasteiger partial charge < -0.3 is 30.1 Å². The van der Waals surface area contributed by atoms with Crippen LogP contribution >= 0.6 is 0 Å². The van der Waals surface area contributed by atoms with Crippen molar-refractivity contribution in [3.63, 3.8) is 0 Å². The van der Waals surface area contributed by atoms with Gasteiger partial charge in [-0.2, -0.15) is 4.58 Å². The molecular formula is C36H49FN5O9S+. The van der Waals surface area contributed by atoms with Gasteiger partial charge in [-0.05, 0) is 50.0 Å². The van der Waals surface area contributed by atoms with Crippen molar-refractivity contribution >= 4 is 39.9 Å². The van der Waals surface area contributed by atoms with Crippen molar-refractivity contribution in [3.8, 4) is 0 Å². The van der Waals surface area contributed by atoms with Crippen molar-refractivity contribution < 1.29 is 51.1 Å². The Morgan fingerprint density at radius 3 is 2.62 bits per heavy atom. The number of carbonyl (C=O) groups excluding carboxylic acids is 4. The van der Waals surface area contributed by atoms with Crippen molar-refractivity contribution in [1.82, 2.24) is 20.3 Å². The van der Waals surface area contributed by atoms with Gasteiger partial charge in [0.1, 0.15) is 29.5 Å². The topological polar surface area (TPSA) is 183 Å². The second kappa shape index (κ2) is 14.7. The molecule has 3 heterocycles. The van der Waals surface area contributed by atoms with Gasteiger partial charge in [-0.1, -0.05) is 57.9 Å². The summed E-state index contributed by atoms with van der Waals surface area (Å²) in [4.78, 5) is 56.3. The third-order valence-electron chi connectivity index (χ3n) is 10.2. The van der Waals surface area contributed by atoms with Crippen LogP contribution in [0.3, 0.4) is 0 Å². The molecule has 3 aliphatic heterocycles. The highest BCUT2D eigenvalue weighted by atomic mass is 32.2.